The van der Waals surface area contributed by atoms with Crippen LogP contribution in [0.15, 0.2) is 24.3 Å². The van der Waals surface area contributed by atoms with Crippen LogP contribution in [0.4, 0.5) is 13.2 Å². The van der Waals surface area contributed by atoms with Crippen molar-refractivity contribution >= 4 is 35.0 Å². The van der Waals surface area contributed by atoms with E-state index in [1.807, 2.05) is 0 Å². The topological polar surface area (TPSA) is 76.5 Å². The number of Topliss-reactive ketones (excluding diaryl/α,β-unsaturated/α-hetero) is 1. The molecule has 0 unspecified atom stereocenters. The second kappa shape index (κ2) is 9.45. The molecule has 0 aliphatic carbocycles. The number of esters is 1. The number of aromatic nitrogens is 1. The third kappa shape index (κ3) is 6.08. The first-order valence-electron chi connectivity index (χ1n) is 8.45. The lowest BCUT2D eigenvalue weighted by Crippen LogP contribution is -2.10. The van der Waals surface area contributed by atoms with Gasteiger partial charge in [0.05, 0.1) is 18.6 Å². The molecule has 10 heteroatoms. The van der Waals surface area contributed by atoms with Gasteiger partial charge in [0, 0.05) is 28.6 Å². The van der Waals surface area contributed by atoms with E-state index in [0.29, 0.717) is 0 Å². The van der Waals surface area contributed by atoms with Gasteiger partial charge in [0.2, 0.25) is 0 Å². The molecule has 0 saturated carbocycles. The first-order valence-corrected chi connectivity index (χ1v) is 9.21. The van der Waals surface area contributed by atoms with E-state index in [0.717, 1.165) is 12.1 Å². The van der Waals surface area contributed by atoms with Crippen molar-refractivity contribution in [2.45, 2.75) is 32.4 Å². The molecule has 156 valence electrons. The standard InChI is InChI=1S/C19H16Cl2F3NO4/c1-2-29-17(28)6-5-16(27)18-15(26)4-3-11(25-18)9-12-13(20)7-10(8-14(12)21)19(22,23)24/h3-4,7-8,26H,2,5-6,9H2,1H3. The summed E-state index contributed by atoms with van der Waals surface area (Å²) < 4.78 is 43.3. The van der Waals surface area contributed by atoms with E-state index in [4.69, 9.17) is 27.9 Å². The van der Waals surface area contributed by atoms with Crippen molar-refractivity contribution in [1.29, 1.82) is 0 Å². The highest BCUT2D eigenvalue weighted by Gasteiger charge is 2.32. The van der Waals surface area contributed by atoms with Crippen molar-refractivity contribution in [2.24, 2.45) is 0 Å². The Hall–Kier alpha value is -2.32. The number of ether oxygens (including phenoxy) is 1. The van der Waals surface area contributed by atoms with Crippen LogP contribution in [0, 0.1) is 0 Å². The summed E-state index contributed by atoms with van der Waals surface area (Å²) in [6.07, 6.45) is -5.05. The van der Waals surface area contributed by atoms with Crippen LogP contribution in [0.1, 0.15) is 47.1 Å². The van der Waals surface area contributed by atoms with E-state index in [2.05, 4.69) is 4.98 Å². The number of hydrogen-bond donors (Lipinski definition) is 1. The first kappa shape index (κ1) is 23.0. The summed E-state index contributed by atoms with van der Waals surface area (Å²) in [5, 5.41) is 9.50. The molecular formula is C19H16Cl2F3NO4. The van der Waals surface area contributed by atoms with Crippen LogP contribution < -0.4 is 0 Å². The maximum absolute atomic E-state index is 12.8. The smallest absolute Gasteiger partial charge is 0.416 e. The summed E-state index contributed by atoms with van der Waals surface area (Å²) >= 11 is 11.9. The zero-order chi connectivity index (χ0) is 21.8. The second-order valence-corrected chi connectivity index (χ2v) is 6.81. The Morgan fingerprint density at radius 3 is 2.31 bits per heavy atom. The minimum atomic E-state index is -4.60. The molecule has 1 heterocycles. The molecule has 0 aliphatic rings. The number of pyridine rings is 1. The number of rotatable bonds is 7. The van der Waals surface area contributed by atoms with Gasteiger partial charge in [-0.1, -0.05) is 23.2 Å². The van der Waals surface area contributed by atoms with E-state index >= 15 is 0 Å². The highest BCUT2D eigenvalue weighted by atomic mass is 35.5. The monoisotopic (exact) mass is 449 g/mol. The van der Waals surface area contributed by atoms with Crippen LogP contribution in [0.5, 0.6) is 5.75 Å². The summed E-state index contributed by atoms with van der Waals surface area (Å²) in [5.74, 6) is -1.52. The fraction of sp³-hybridized carbons (Fsp3) is 0.316. The predicted octanol–water partition coefficient (Wildman–Crippen LogP) is 5.23. The molecule has 0 bridgehead atoms. The van der Waals surface area contributed by atoms with E-state index in [1.165, 1.54) is 12.1 Å². The zero-order valence-corrected chi connectivity index (χ0v) is 16.7. The summed E-state index contributed by atoms with van der Waals surface area (Å²) in [7, 11) is 0. The highest BCUT2D eigenvalue weighted by molar-refractivity contribution is 6.36. The number of alkyl halides is 3. The molecule has 1 aromatic heterocycles. The lowest BCUT2D eigenvalue weighted by Gasteiger charge is -2.13. The normalized spacial score (nSPS) is 11.4. The first-order chi connectivity index (χ1) is 13.5. The largest absolute Gasteiger partial charge is 0.506 e. The van der Waals surface area contributed by atoms with Gasteiger partial charge < -0.3 is 9.84 Å². The maximum Gasteiger partial charge on any atom is 0.416 e. The van der Waals surface area contributed by atoms with E-state index in [9.17, 15) is 27.9 Å². The van der Waals surface area contributed by atoms with Gasteiger partial charge in [-0.3, -0.25) is 9.59 Å². The van der Waals surface area contributed by atoms with Gasteiger partial charge in [-0.15, -0.1) is 0 Å². The Labute approximate surface area is 174 Å². The van der Waals surface area contributed by atoms with Gasteiger partial charge in [-0.25, -0.2) is 4.98 Å². The van der Waals surface area contributed by atoms with E-state index in [-0.39, 0.29) is 58.6 Å². The number of hydrogen-bond acceptors (Lipinski definition) is 5. The number of ketones is 1. The highest BCUT2D eigenvalue weighted by Crippen LogP contribution is 2.36. The van der Waals surface area contributed by atoms with Gasteiger partial charge in [-0.05, 0) is 36.8 Å². The Morgan fingerprint density at radius 2 is 1.76 bits per heavy atom. The number of nitrogens with zero attached hydrogens (tertiary/aromatic N) is 1. The molecule has 0 atom stereocenters. The third-order valence-electron chi connectivity index (χ3n) is 3.88. The molecule has 1 N–H and O–H groups in total. The van der Waals surface area contributed by atoms with Crippen LogP contribution in [0.25, 0.3) is 0 Å². The summed E-state index contributed by atoms with van der Waals surface area (Å²) in [6, 6.07) is 4.14. The van der Waals surface area contributed by atoms with Gasteiger partial charge >= 0.3 is 12.1 Å². The summed E-state index contributed by atoms with van der Waals surface area (Å²) in [6.45, 7) is 1.81. The van der Waals surface area contributed by atoms with Gasteiger partial charge in [0.15, 0.2) is 5.78 Å². The fourth-order valence-corrected chi connectivity index (χ4v) is 3.10. The molecule has 0 aliphatic heterocycles. The van der Waals surface area contributed by atoms with Crippen LogP contribution in [0.2, 0.25) is 10.0 Å². The lowest BCUT2D eigenvalue weighted by molar-refractivity contribution is -0.143. The molecule has 2 rings (SSSR count). The zero-order valence-electron chi connectivity index (χ0n) is 15.1. The second-order valence-electron chi connectivity index (χ2n) is 5.99. The van der Waals surface area contributed by atoms with E-state index in [1.54, 1.807) is 6.92 Å². The molecule has 0 spiro atoms. The molecule has 2 aromatic rings. The Morgan fingerprint density at radius 1 is 1.14 bits per heavy atom. The number of carbonyl (C=O) groups excluding carboxylic acids is 2. The fourth-order valence-electron chi connectivity index (χ4n) is 2.48. The molecule has 0 saturated heterocycles. The molecule has 0 amide bonds. The average molecular weight is 450 g/mol. The maximum atomic E-state index is 12.8. The third-order valence-corrected chi connectivity index (χ3v) is 4.56. The van der Waals surface area contributed by atoms with E-state index < -0.39 is 23.5 Å². The van der Waals surface area contributed by atoms with Gasteiger partial charge in [-0.2, -0.15) is 13.2 Å². The average Bonchev–Trinajstić information content (AvgIpc) is 2.63. The number of carbonyl (C=O) groups is 2. The lowest BCUT2D eigenvalue weighted by atomic mass is 10.0. The van der Waals surface area contributed by atoms with Crippen molar-refractivity contribution in [3.63, 3.8) is 0 Å². The molecule has 0 fully saturated rings. The molecular weight excluding hydrogens is 434 g/mol. The summed E-state index contributed by atoms with van der Waals surface area (Å²) in [4.78, 5) is 27.7. The van der Waals surface area contributed by atoms with Gasteiger partial charge in [0.25, 0.3) is 0 Å². The van der Waals surface area contributed by atoms with Crippen molar-refractivity contribution in [2.75, 3.05) is 6.61 Å². The molecule has 0 radical (unpaired) electrons. The summed E-state index contributed by atoms with van der Waals surface area (Å²) in [5.41, 5.74) is -0.786. The molecule has 29 heavy (non-hydrogen) atoms. The predicted molar refractivity (Wildman–Crippen MR) is 100 cm³/mol. The van der Waals surface area contributed by atoms with Crippen molar-refractivity contribution in [1.82, 2.24) is 4.98 Å². The van der Waals surface area contributed by atoms with Crippen LogP contribution in [-0.2, 0) is 22.1 Å². The number of halogens is 5. The SMILES string of the molecule is CCOC(=O)CCC(=O)c1nc(Cc2c(Cl)cc(C(F)(F)F)cc2Cl)ccc1O. The van der Waals surface area contributed by atoms with Crippen molar-refractivity contribution in [3.8, 4) is 5.75 Å². The quantitative estimate of drug-likeness (QED) is 0.462. The molecule has 5 nitrogen and oxygen atoms in total. The number of aromatic hydroxyl groups is 1. The minimum Gasteiger partial charge on any atom is -0.506 e. The van der Waals surface area contributed by atoms with Gasteiger partial charge in [0.1, 0.15) is 11.4 Å². The Balaban J connectivity index is 2.24. The minimum absolute atomic E-state index is 0.0613. The van der Waals surface area contributed by atoms with Crippen LogP contribution in [0.3, 0.4) is 0 Å². The molecule has 1 aromatic carbocycles. The van der Waals surface area contributed by atoms with Crippen molar-refractivity contribution < 1.29 is 32.6 Å². The van der Waals surface area contributed by atoms with Crippen molar-refractivity contribution in [3.05, 3.63) is 56.8 Å². The Kier molecular flexibility index (Phi) is 7.48. The Bertz CT molecular complexity index is 909. The van der Waals surface area contributed by atoms with Crippen LogP contribution >= 0.6 is 23.2 Å². The van der Waals surface area contributed by atoms with Crippen LogP contribution in [-0.4, -0.2) is 28.4 Å². The number of benzene rings is 1.